The van der Waals surface area contributed by atoms with E-state index in [9.17, 15) is 5.11 Å². The van der Waals surface area contributed by atoms with E-state index in [1.807, 2.05) is 38.4 Å². The molecule has 108 valence electrons. The van der Waals surface area contributed by atoms with E-state index in [-0.39, 0.29) is 6.04 Å². The molecule has 0 saturated carbocycles. The van der Waals surface area contributed by atoms with Crippen molar-refractivity contribution in [2.45, 2.75) is 45.9 Å². The van der Waals surface area contributed by atoms with E-state index in [4.69, 9.17) is 0 Å². The van der Waals surface area contributed by atoms with Gasteiger partial charge in [0.2, 0.25) is 0 Å². The minimum Gasteiger partial charge on any atom is -0.387 e. The van der Waals surface area contributed by atoms with E-state index in [2.05, 4.69) is 37.9 Å². The summed E-state index contributed by atoms with van der Waals surface area (Å²) in [6.07, 6.45) is -0.474. The van der Waals surface area contributed by atoms with Gasteiger partial charge in [0.05, 0.1) is 6.10 Å². The van der Waals surface area contributed by atoms with Gasteiger partial charge >= 0.3 is 0 Å². The molecule has 0 saturated heterocycles. The molecule has 0 spiro atoms. The van der Waals surface area contributed by atoms with Gasteiger partial charge in [0.25, 0.3) is 0 Å². The third-order valence-corrected chi connectivity index (χ3v) is 3.34. The molecule has 0 radical (unpaired) electrons. The Bertz CT molecular complexity index is 371. The number of aliphatic hydroxyl groups excluding tert-OH is 1. The molecule has 2 N–H and O–H groups in total. The Hall–Kier alpha value is -1.06. The van der Waals surface area contributed by atoms with Crippen molar-refractivity contribution in [1.82, 2.24) is 5.32 Å². The second kappa shape index (κ2) is 6.92. The lowest BCUT2D eigenvalue weighted by molar-refractivity contribution is 0.100. The molecule has 1 rings (SSSR count). The highest BCUT2D eigenvalue weighted by Crippen LogP contribution is 2.24. The molecule has 1 aromatic carbocycles. The highest BCUT2D eigenvalue weighted by atomic mass is 16.3. The number of rotatable bonds is 6. The van der Waals surface area contributed by atoms with Crippen LogP contribution in [0, 0.1) is 5.92 Å². The van der Waals surface area contributed by atoms with Gasteiger partial charge in [-0.1, -0.05) is 39.8 Å². The first-order valence-corrected chi connectivity index (χ1v) is 7.04. The van der Waals surface area contributed by atoms with E-state index in [1.165, 1.54) is 0 Å². The highest BCUT2D eigenvalue weighted by molar-refractivity contribution is 5.46. The molecule has 2 unspecified atom stereocenters. The maximum Gasteiger partial charge on any atom is 0.0945 e. The Balaban J connectivity index is 2.86. The van der Waals surface area contributed by atoms with Crippen LogP contribution in [-0.2, 0) is 0 Å². The van der Waals surface area contributed by atoms with E-state index in [1.54, 1.807) is 0 Å². The third-order valence-electron chi connectivity index (χ3n) is 3.34. The van der Waals surface area contributed by atoms with E-state index < -0.39 is 6.10 Å². The maximum atomic E-state index is 10.6. The van der Waals surface area contributed by atoms with Gasteiger partial charge in [0.15, 0.2) is 0 Å². The summed E-state index contributed by atoms with van der Waals surface area (Å²) in [7, 11) is 4.03. The number of aliphatic hydroxyl groups is 1. The predicted molar refractivity (Wildman–Crippen MR) is 82.6 cm³/mol. The van der Waals surface area contributed by atoms with Crippen molar-refractivity contribution >= 4 is 5.69 Å². The van der Waals surface area contributed by atoms with Crippen LogP contribution >= 0.6 is 0 Å². The zero-order valence-electron chi connectivity index (χ0n) is 13.0. The maximum absolute atomic E-state index is 10.6. The molecule has 1 aromatic rings. The minimum atomic E-state index is -0.474. The largest absolute Gasteiger partial charge is 0.387 e. The Morgan fingerprint density at radius 2 is 1.53 bits per heavy atom. The number of nitrogens with zero attached hydrogens (tertiary/aromatic N) is 1. The van der Waals surface area contributed by atoms with Crippen molar-refractivity contribution in [2.24, 2.45) is 5.92 Å². The van der Waals surface area contributed by atoms with Gasteiger partial charge in [-0.15, -0.1) is 0 Å². The second-order valence-electron chi connectivity index (χ2n) is 6.02. The molecule has 0 aliphatic carbocycles. The van der Waals surface area contributed by atoms with Crippen molar-refractivity contribution in [3.8, 4) is 0 Å². The Labute approximate surface area is 117 Å². The molecule has 2 atom stereocenters. The number of hydrogen-bond acceptors (Lipinski definition) is 3. The molecule has 0 fully saturated rings. The fourth-order valence-electron chi connectivity index (χ4n) is 2.21. The summed E-state index contributed by atoms with van der Waals surface area (Å²) in [6, 6.07) is 8.55. The monoisotopic (exact) mass is 264 g/mol. The third kappa shape index (κ3) is 4.51. The molecule has 0 heterocycles. The van der Waals surface area contributed by atoms with Crippen molar-refractivity contribution < 1.29 is 5.11 Å². The van der Waals surface area contributed by atoms with Crippen LogP contribution in [0.1, 0.15) is 39.4 Å². The molecule has 0 aromatic heterocycles. The normalized spacial score (nSPS) is 14.8. The smallest absolute Gasteiger partial charge is 0.0945 e. The number of nitrogens with one attached hydrogen (secondary N) is 1. The molecule has 3 nitrogen and oxygen atoms in total. The second-order valence-corrected chi connectivity index (χ2v) is 6.02. The van der Waals surface area contributed by atoms with Crippen molar-refractivity contribution in [1.29, 1.82) is 0 Å². The first-order chi connectivity index (χ1) is 8.82. The average molecular weight is 264 g/mol. The standard InChI is InChI=1S/C16H28N2O/c1-11(2)15(17-12(3)4)16(19)13-7-9-14(10-8-13)18(5)6/h7-12,15-17,19H,1-6H3. The number of hydrogen-bond donors (Lipinski definition) is 2. The Morgan fingerprint density at radius 1 is 1.00 bits per heavy atom. The van der Waals surface area contributed by atoms with E-state index in [0.29, 0.717) is 12.0 Å². The molecular weight excluding hydrogens is 236 g/mol. The van der Waals surface area contributed by atoms with Gasteiger partial charge in [-0.3, -0.25) is 0 Å². The van der Waals surface area contributed by atoms with Crippen LogP contribution in [-0.4, -0.2) is 31.3 Å². The van der Waals surface area contributed by atoms with Crippen molar-refractivity contribution in [3.05, 3.63) is 29.8 Å². The molecular formula is C16H28N2O. The van der Waals surface area contributed by atoms with Crippen LogP contribution in [0.2, 0.25) is 0 Å². The fraction of sp³-hybridized carbons (Fsp3) is 0.625. The van der Waals surface area contributed by atoms with Gasteiger partial charge in [-0.25, -0.2) is 0 Å². The quantitative estimate of drug-likeness (QED) is 0.829. The van der Waals surface area contributed by atoms with Gasteiger partial charge in [-0.05, 0) is 23.6 Å². The summed E-state index contributed by atoms with van der Waals surface area (Å²) in [4.78, 5) is 2.06. The van der Waals surface area contributed by atoms with E-state index in [0.717, 1.165) is 11.3 Å². The molecule has 3 heteroatoms. The summed E-state index contributed by atoms with van der Waals surface area (Å²) in [5.41, 5.74) is 2.12. The summed E-state index contributed by atoms with van der Waals surface area (Å²) in [5.74, 6) is 0.380. The summed E-state index contributed by atoms with van der Waals surface area (Å²) in [6.45, 7) is 8.49. The zero-order valence-corrected chi connectivity index (χ0v) is 13.0. The first kappa shape index (κ1) is 16.0. The lowest BCUT2D eigenvalue weighted by atomic mass is 9.92. The van der Waals surface area contributed by atoms with Gasteiger partial charge in [0.1, 0.15) is 0 Å². The molecule has 19 heavy (non-hydrogen) atoms. The van der Waals surface area contributed by atoms with E-state index >= 15 is 0 Å². The summed E-state index contributed by atoms with van der Waals surface area (Å²) >= 11 is 0. The van der Waals surface area contributed by atoms with Gasteiger partial charge in [0, 0.05) is 31.9 Å². The Kier molecular flexibility index (Phi) is 5.83. The molecule has 0 amide bonds. The van der Waals surface area contributed by atoms with Crippen LogP contribution in [0.25, 0.3) is 0 Å². The van der Waals surface area contributed by atoms with Gasteiger partial charge < -0.3 is 15.3 Å². The fourth-order valence-corrected chi connectivity index (χ4v) is 2.21. The summed E-state index contributed by atoms with van der Waals surface area (Å²) < 4.78 is 0. The van der Waals surface area contributed by atoms with Gasteiger partial charge in [-0.2, -0.15) is 0 Å². The average Bonchev–Trinajstić information content (AvgIpc) is 2.34. The molecule has 0 aliphatic rings. The van der Waals surface area contributed by atoms with Crippen molar-refractivity contribution in [3.63, 3.8) is 0 Å². The topological polar surface area (TPSA) is 35.5 Å². The Morgan fingerprint density at radius 3 is 1.89 bits per heavy atom. The highest BCUT2D eigenvalue weighted by Gasteiger charge is 2.24. The SMILES string of the molecule is CC(C)NC(C(C)C)C(O)c1ccc(N(C)C)cc1. The lowest BCUT2D eigenvalue weighted by Crippen LogP contribution is -2.43. The number of anilines is 1. The minimum absolute atomic E-state index is 0.0743. The summed E-state index contributed by atoms with van der Waals surface area (Å²) in [5, 5.41) is 14.0. The van der Waals surface area contributed by atoms with Crippen LogP contribution in [0.15, 0.2) is 24.3 Å². The van der Waals surface area contributed by atoms with Crippen LogP contribution in [0.5, 0.6) is 0 Å². The first-order valence-electron chi connectivity index (χ1n) is 7.04. The zero-order chi connectivity index (χ0) is 14.6. The van der Waals surface area contributed by atoms with Crippen LogP contribution in [0.3, 0.4) is 0 Å². The lowest BCUT2D eigenvalue weighted by Gasteiger charge is -2.30. The molecule has 0 aliphatic heterocycles. The van der Waals surface area contributed by atoms with Crippen molar-refractivity contribution in [2.75, 3.05) is 19.0 Å². The van der Waals surface area contributed by atoms with Crippen LogP contribution in [0.4, 0.5) is 5.69 Å². The molecule has 0 bridgehead atoms. The predicted octanol–water partition coefficient (Wildman–Crippen LogP) is 2.81. The van der Waals surface area contributed by atoms with Crippen LogP contribution < -0.4 is 10.2 Å². The number of benzene rings is 1.